The first-order valence-corrected chi connectivity index (χ1v) is 4.40. The van der Waals surface area contributed by atoms with Crippen molar-refractivity contribution >= 4 is 6.08 Å². The van der Waals surface area contributed by atoms with Crippen molar-refractivity contribution in [3.8, 4) is 0 Å². The van der Waals surface area contributed by atoms with E-state index >= 15 is 0 Å². The van der Waals surface area contributed by atoms with E-state index in [-0.39, 0.29) is 11.6 Å². The standard InChI is InChI=1S/C12H14.H3N/c1-9-8-10-6-4-5-7-11(10)12(9,2)3;/h4-8H,1-3H3;1H3. The van der Waals surface area contributed by atoms with Gasteiger partial charge in [0.15, 0.2) is 0 Å². The van der Waals surface area contributed by atoms with Gasteiger partial charge in [0, 0.05) is 5.41 Å². The Morgan fingerprint density at radius 3 is 2.31 bits per heavy atom. The molecule has 13 heavy (non-hydrogen) atoms. The first-order valence-electron chi connectivity index (χ1n) is 4.40. The second kappa shape index (κ2) is 3.00. The largest absolute Gasteiger partial charge is 0.344 e. The molecule has 1 aromatic rings. The molecule has 0 amide bonds. The van der Waals surface area contributed by atoms with Gasteiger partial charge in [-0.25, -0.2) is 0 Å². The Morgan fingerprint density at radius 2 is 1.69 bits per heavy atom. The summed E-state index contributed by atoms with van der Waals surface area (Å²) in [5, 5.41) is 0. The summed E-state index contributed by atoms with van der Waals surface area (Å²) in [7, 11) is 0. The predicted octanol–water partition coefficient (Wildman–Crippen LogP) is 3.54. The number of rotatable bonds is 0. The Balaban J connectivity index is 0.000000845. The zero-order valence-electron chi connectivity index (χ0n) is 8.59. The van der Waals surface area contributed by atoms with Crippen molar-refractivity contribution in [3.05, 3.63) is 41.0 Å². The monoisotopic (exact) mass is 175 g/mol. The highest BCUT2D eigenvalue weighted by molar-refractivity contribution is 5.68. The van der Waals surface area contributed by atoms with Crippen LogP contribution in [0.1, 0.15) is 31.9 Å². The summed E-state index contributed by atoms with van der Waals surface area (Å²) in [6.07, 6.45) is 2.29. The van der Waals surface area contributed by atoms with Gasteiger partial charge in [-0.15, -0.1) is 0 Å². The maximum absolute atomic E-state index is 2.29. The number of hydrogen-bond donors (Lipinski definition) is 1. The van der Waals surface area contributed by atoms with Crippen LogP contribution >= 0.6 is 0 Å². The van der Waals surface area contributed by atoms with E-state index < -0.39 is 0 Å². The quantitative estimate of drug-likeness (QED) is 0.643. The van der Waals surface area contributed by atoms with E-state index in [0.717, 1.165) is 0 Å². The van der Waals surface area contributed by atoms with Crippen LogP contribution in [0.25, 0.3) is 6.08 Å². The minimum atomic E-state index is 0. The molecular weight excluding hydrogens is 158 g/mol. The van der Waals surface area contributed by atoms with Crippen LogP contribution in [0.15, 0.2) is 29.8 Å². The third-order valence-corrected chi connectivity index (χ3v) is 2.99. The Bertz CT molecular complexity index is 348. The Hall–Kier alpha value is -1.08. The molecule has 0 fully saturated rings. The number of benzene rings is 1. The van der Waals surface area contributed by atoms with Crippen molar-refractivity contribution in [2.45, 2.75) is 26.2 Å². The molecule has 1 aliphatic carbocycles. The molecule has 2 rings (SSSR count). The van der Waals surface area contributed by atoms with Crippen LogP contribution in [0, 0.1) is 0 Å². The fraction of sp³-hybridized carbons (Fsp3) is 0.333. The van der Waals surface area contributed by atoms with Crippen LogP contribution in [0.2, 0.25) is 0 Å². The molecule has 0 aromatic heterocycles. The van der Waals surface area contributed by atoms with Gasteiger partial charge >= 0.3 is 0 Å². The van der Waals surface area contributed by atoms with Gasteiger partial charge in [0.1, 0.15) is 0 Å². The van der Waals surface area contributed by atoms with Crippen LogP contribution in [0.3, 0.4) is 0 Å². The van der Waals surface area contributed by atoms with E-state index in [9.17, 15) is 0 Å². The summed E-state index contributed by atoms with van der Waals surface area (Å²) in [5.74, 6) is 0. The number of allylic oxidation sites excluding steroid dienone is 1. The van der Waals surface area contributed by atoms with Crippen molar-refractivity contribution in [1.82, 2.24) is 6.15 Å². The van der Waals surface area contributed by atoms with Gasteiger partial charge < -0.3 is 6.15 Å². The maximum atomic E-state index is 2.29. The summed E-state index contributed by atoms with van der Waals surface area (Å²) in [6, 6.07) is 8.63. The molecule has 70 valence electrons. The molecule has 0 spiro atoms. The molecule has 0 aliphatic heterocycles. The normalized spacial score (nSPS) is 17.3. The van der Waals surface area contributed by atoms with Crippen LogP contribution < -0.4 is 6.15 Å². The first kappa shape index (κ1) is 10.0. The Kier molecular flexibility index (Phi) is 2.31. The van der Waals surface area contributed by atoms with Crippen molar-refractivity contribution in [1.29, 1.82) is 0 Å². The van der Waals surface area contributed by atoms with Gasteiger partial charge in [0.2, 0.25) is 0 Å². The van der Waals surface area contributed by atoms with Gasteiger partial charge in [-0.05, 0) is 18.1 Å². The van der Waals surface area contributed by atoms with E-state index in [1.165, 1.54) is 16.7 Å². The van der Waals surface area contributed by atoms with Crippen molar-refractivity contribution in [3.63, 3.8) is 0 Å². The summed E-state index contributed by atoms with van der Waals surface area (Å²) < 4.78 is 0. The first-order chi connectivity index (χ1) is 5.62. The lowest BCUT2D eigenvalue weighted by molar-refractivity contribution is 0.640. The molecule has 1 aromatic carbocycles. The number of hydrogen-bond acceptors (Lipinski definition) is 1. The van der Waals surface area contributed by atoms with Crippen LogP contribution in [-0.4, -0.2) is 0 Å². The lowest BCUT2D eigenvalue weighted by Crippen LogP contribution is -2.14. The van der Waals surface area contributed by atoms with Crippen LogP contribution in [-0.2, 0) is 5.41 Å². The highest BCUT2D eigenvalue weighted by Gasteiger charge is 2.29. The fourth-order valence-electron chi connectivity index (χ4n) is 1.82. The summed E-state index contributed by atoms with van der Waals surface area (Å²) in [6.45, 7) is 6.77. The molecule has 0 saturated carbocycles. The summed E-state index contributed by atoms with van der Waals surface area (Å²) in [4.78, 5) is 0. The average Bonchev–Trinajstić information content (AvgIpc) is 2.25. The van der Waals surface area contributed by atoms with Gasteiger partial charge in [-0.1, -0.05) is 49.8 Å². The van der Waals surface area contributed by atoms with Gasteiger partial charge in [-0.3, -0.25) is 0 Å². The molecule has 0 heterocycles. The highest BCUT2D eigenvalue weighted by atomic mass is 14.3. The van der Waals surface area contributed by atoms with E-state index in [4.69, 9.17) is 0 Å². The highest BCUT2D eigenvalue weighted by Crippen LogP contribution is 2.40. The van der Waals surface area contributed by atoms with Crippen LogP contribution in [0.4, 0.5) is 0 Å². The second-order valence-electron chi connectivity index (χ2n) is 4.04. The zero-order valence-corrected chi connectivity index (χ0v) is 8.59. The van der Waals surface area contributed by atoms with E-state index in [2.05, 4.69) is 51.1 Å². The van der Waals surface area contributed by atoms with Crippen LogP contribution in [0.5, 0.6) is 0 Å². The third kappa shape index (κ3) is 1.29. The lowest BCUT2D eigenvalue weighted by Gasteiger charge is -2.21. The summed E-state index contributed by atoms with van der Waals surface area (Å²) >= 11 is 0. The topological polar surface area (TPSA) is 35.0 Å². The minimum absolute atomic E-state index is 0. The smallest absolute Gasteiger partial charge is 0.0112 e. The Labute approximate surface area is 80.1 Å². The molecule has 1 nitrogen and oxygen atoms in total. The molecule has 0 unspecified atom stereocenters. The average molecular weight is 175 g/mol. The molecule has 0 bridgehead atoms. The SMILES string of the molecule is CC1=Cc2ccccc2C1(C)C.N. The van der Waals surface area contributed by atoms with Gasteiger partial charge in [0.05, 0.1) is 0 Å². The maximum Gasteiger partial charge on any atom is 0.0112 e. The molecule has 3 N–H and O–H groups in total. The predicted molar refractivity (Wildman–Crippen MR) is 58.1 cm³/mol. The zero-order chi connectivity index (χ0) is 8.77. The van der Waals surface area contributed by atoms with E-state index in [1.807, 2.05) is 0 Å². The van der Waals surface area contributed by atoms with Gasteiger partial charge in [0.25, 0.3) is 0 Å². The molecule has 0 atom stereocenters. The molecule has 1 heteroatoms. The molecular formula is C12H17N. The van der Waals surface area contributed by atoms with Crippen molar-refractivity contribution in [2.75, 3.05) is 0 Å². The third-order valence-electron chi connectivity index (χ3n) is 2.99. The van der Waals surface area contributed by atoms with Gasteiger partial charge in [-0.2, -0.15) is 0 Å². The minimum Gasteiger partial charge on any atom is -0.344 e. The molecule has 0 saturated heterocycles. The lowest BCUT2D eigenvalue weighted by atomic mass is 9.82. The summed E-state index contributed by atoms with van der Waals surface area (Å²) in [5.41, 5.74) is 4.56. The molecule has 1 aliphatic rings. The number of fused-ring (bicyclic) bond motifs is 1. The fourth-order valence-corrected chi connectivity index (χ4v) is 1.82. The van der Waals surface area contributed by atoms with Crippen molar-refractivity contribution < 1.29 is 0 Å². The van der Waals surface area contributed by atoms with E-state index in [1.54, 1.807) is 0 Å². The second-order valence-corrected chi connectivity index (χ2v) is 4.04. The van der Waals surface area contributed by atoms with Crippen molar-refractivity contribution in [2.24, 2.45) is 0 Å². The molecule has 0 radical (unpaired) electrons. The Morgan fingerprint density at radius 1 is 1.08 bits per heavy atom. The van der Waals surface area contributed by atoms with E-state index in [0.29, 0.717) is 0 Å².